The molecule has 0 amide bonds. The number of allylic oxidation sites excluding steroid dienone is 1. The van der Waals surface area contributed by atoms with Crippen LogP contribution in [0.4, 0.5) is 13.2 Å². The molecule has 0 N–H and O–H groups in total. The van der Waals surface area contributed by atoms with Gasteiger partial charge in [-0.05, 0) is 60.1 Å². The molecule has 0 aliphatic rings. The first-order valence-corrected chi connectivity index (χ1v) is 12.0. The molecule has 3 rings (SSSR count). The summed E-state index contributed by atoms with van der Waals surface area (Å²) in [4.78, 5) is 13.4. The Morgan fingerprint density at radius 2 is 1.42 bits per heavy atom. The van der Waals surface area contributed by atoms with E-state index in [1.807, 2.05) is 55.6 Å². The van der Waals surface area contributed by atoms with Gasteiger partial charge in [0, 0.05) is 41.0 Å². The number of ether oxygens (including phenoxy) is 1. The smallest absolute Gasteiger partial charge is 0.454 e. The fourth-order valence-electron chi connectivity index (χ4n) is 3.75. The van der Waals surface area contributed by atoms with E-state index < -0.39 is 17.5 Å². The van der Waals surface area contributed by atoms with E-state index in [1.54, 1.807) is 24.3 Å². The third-order valence-corrected chi connectivity index (χ3v) is 6.20. The number of Topliss-reactive ketones (excluding diaryl/α,β-unsaturated/α-hetero) is 1. The Hall–Kier alpha value is -2.80. The van der Waals surface area contributed by atoms with E-state index in [2.05, 4.69) is 11.5 Å². The van der Waals surface area contributed by atoms with Crippen molar-refractivity contribution in [2.45, 2.75) is 18.5 Å². The number of hydrogen-bond donors (Lipinski definition) is 0. The number of halogens is 5. The summed E-state index contributed by atoms with van der Waals surface area (Å²) in [6, 6.07) is 22.2. The summed E-state index contributed by atoms with van der Waals surface area (Å²) in [5.74, 6) is -1.20. The lowest BCUT2D eigenvalue weighted by Crippen LogP contribution is -2.29. The van der Waals surface area contributed by atoms with E-state index >= 15 is 0 Å². The highest BCUT2D eigenvalue weighted by Crippen LogP contribution is 2.28. The highest BCUT2D eigenvalue weighted by atomic mass is 35.5. The van der Waals surface area contributed by atoms with Crippen molar-refractivity contribution >= 4 is 29.0 Å². The van der Waals surface area contributed by atoms with Gasteiger partial charge in [-0.15, -0.1) is 0 Å². The Labute approximate surface area is 219 Å². The van der Waals surface area contributed by atoms with Crippen LogP contribution in [0.1, 0.15) is 22.6 Å². The number of rotatable bonds is 11. The highest BCUT2D eigenvalue weighted by molar-refractivity contribution is 6.30. The molecule has 0 bridgehead atoms. The van der Waals surface area contributed by atoms with Gasteiger partial charge in [0.1, 0.15) is 12.4 Å². The van der Waals surface area contributed by atoms with Crippen LogP contribution in [0.15, 0.2) is 84.9 Å². The fourth-order valence-corrected chi connectivity index (χ4v) is 4.00. The minimum atomic E-state index is -4.91. The fraction of sp³-hybridized carbons (Fsp3) is 0.250. The molecule has 0 aromatic heterocycles. The van der Waals surface area contributed by atoms with Crippen molar-refractivity contribution in [1.82, 2.24) is 4.90 Å². The molecule has 3 aromatic rings. The molecule has 0 aliphatic carbocycles. The lowest BCUT2D eigenvalue weighted by Gasteiger charge is -2.25. The lowest BCUT2D eigenvalue weighted by atomic mass is 9.91. The van der Waals surface area contributed by atoms with Crippen molar-refractivity contribution in [3.05, 3.63) is 112 Å². The molecule has 0 aliphatic heterocycles. The van der Waals surface area contributed by atoms with Gasteiger partial charge in [0.15, 0.2) is 0 Å². The van der Waals surface area contributed by atoms with Gasteiger partial charge in [0.25, 0.3) is 5.78 Å². The predicted octanol–water partition coefficient (Wildman–Crippen LogP) is 7.37. The van der Waals surface area contributed by atoms with Crippen LogP contribution in [0.3, 0.4) is 0 Å². The summed E-state index contributed by atoms with van der Waals surface area (Å²) in [7, 11) is 2.01. The van der Waals surface area contributed by atoms with Gasteiger partial charge in [-0.1, -0.05) is 66.2 Å². The molecule has 0 saturated heterocycles. The van der Waals surface area contributed by atoms with Crippen LogP contribution in [0.25, 0.3) is 0 Å². The number of nitrogens with zero attached hydrogens (tertiary/aromatic N) is 1. The van der Waals surface area contributed by atoms with E-state index in [9.17, 15) is 18.0 Å². The average molecular weight is 536 g/mol. The Kier molecular flexibility index (Phi) is 9.60. The molecule has 3 nitrogen and oxygen atoms in total. The topological polar surface area (TPSA) is 29.5 Å². The van der Waals surface area contributed by atoms with E-state index in [0.717, 1.165) is 17.7 Å². The van der Waals surface area contributed by atoms with Crippen LogP contribution in [-0.4, -0.2) is 43.6 Å². The summed E-state index contributed by atoms with van der Waals surface area (Å²) in [6.45, 7) is 5.07. The zero-order chi connectivity index (χ0) is 26.3. The number of benzene rings is 3. The molecule has 0 saturated carbocycles. The maximum absolute atomic E-state index is 12.5. The zero-order valence-corrected chi connectivity index (χ0v) is 21.2. The maximum Gasteiger partial charge on any atom is 0.454 e. The first kappa shape index (κ1) is 27.8. The van der Waals surface area contributed by atoms with Gasteiger partial charge in [0.05, 0.1) is 0 Å². The average Bonchev–Trinajstić information content (AvgIpc) is 2.84. The third-order valence-electron chi connectivity index (χ3n) is 5.70. The summed E-state index contributed by atoms with van der Waals surface area (Å²) >= 11 is 12.1. The van der Waals surface area contributed by atoms with E-state index in [4.69, 9.17) is 27.9 Å². The number of alkyl halides is 3. The van der Waals surface area contributed by atoms with Crippen LogP contribution in [0, 0.1) is 0 Å². The summed E-state index contributed by atoms with van der Waals surface area (Å²) in [5.41, 5.74) is 2.33. The van der Waals surface area contributed by atoms with Gasteiger partial charge < -0.3 is 9.64 Å². The van der Waals surface area contributed by atoms with Gasteiger partial charge in [-0.3, -0.25) is 4.79 Å². The van der Waals surface area contributed by atoms with Crippen LogP contribution >= 0.6 is 23.2 Å². The van der Waals surface area contributed by atoms with Crippen LogP contribution in [0.5, 0.6) is 5.75 Å². The number of ketones is 1. The molecule has 0 radical (unpaired) electrons. The number of likely N-dealkylation sites (N-methyl/N-ethyl adjacent to an activating group) is 1. The largest absolute Gasteiger partial charge is 0.492 e. The molecular formula is C28H26Cl2F3NO2. The number of carbonyl (C=O) groups excluding carboxylic acids is 1. The summed E-state index contributed by atoms with van der Waals surface area (Å²) in [5, 5.41) is 1.36. The number of carbonyl (C=O) groups is 1. The van der Waals surface area contributed by atoms with Crippen LogP contribution < -0.4 is 4.74 Å². The Bertz CT molecular complexity index is 1120. The second-order valence-electron chi connectivity index (χ2n) is 8.52. The van der Waals surface area contributed by atoms with E-state index in [0.29, 0.717) is 34.5 Å². The second kappa shape index (κ2) is 12.4. The SMILES string of the molecule is C=C(Cc1ccc(OCCN(C)CC(c2ccc(Cl)cc2)c2ccc(Cl)cc2)cc1)C(=O)C(F)(F)F. The Morgan fingerprint density at radius 3 is 1.89 bits per heavy atom. The van der Waals surface area contributed by atoms with Gasteiger partial charge in [-0.25, -0.2) is 0 Å². The number of hydrogen-bond acceptors (Lipinski definition) is 3. The molecule has 0 atom stereocenters. The quantitative estimate of drug-likeness (QED) is 0.240. The molecule has 0 heterocycles. The molecule has 190 valence electrons. The Balaban J connectivity index is 1.55. The first-order valence-electron chi connectivity index (χ1n) is 11.2. The van der Waals surface area contributed by atoms with Gasteiger partial charge >= 0.3 is 6.18 Å². The van der Waals surface area contributed by atoms with Crippen molar-refractivity contribution in [3.8, 4) is 5.75 Å². The summed E-state index contributed by atoms with van der Waals surface area (Å²) < 4.78 is 43.4. The minimum Gasteiger partial charge on any atom is -0.492 e. The van der Waals surface area contributed by atoms with Crippen molar-refractivity contribution in [2.24, 2.45) is 0 Å². The first-order chi connectivity index (χ1) is 17.0. The second-order valence-corrected chi connectivity index (χ2v) is 9.39. The van der Waals surface area contributed by atoms with E-state index in [-0.39, 0.29) is 12.3 Å². The van der Waals surface area contributed by atoms with Crippen molar-refractivity contribution in [2.75, 3.05) is 26.7 Å². The highest BCUT2D eigenvalue weighted by Gasteiger charge is 2.39. The normalized spacial score (nSPS) is 11.7. The van der Waals surface area contributed by atoms with E-state index in [1.165, 1.54) is 0 Å². The van der Waals surface area contributed by atoms with Crippen LogP contribution in [0.2, 0.25) is 10.0 Å². The lowest BCUT2D eigenvalue weighted by molar-refractivity contribution is -0.166. The standard InChI is InChI=1S/C28H26Cl2F3NO2/c1-19(27(35)28(31,32)33)17-20-3-13-25(14-4-20)36-16-15-34(2)18-26(21-5-9-23(29)10-6-21)22-7-11-24(30)12-8-22/h3-14,26H,1,15-18H2,2H3. The van der Waals surface area contributed by atoms with Gasteiger partial charge in [-0.2, -0.15) is 13.2 Å². The third kappa shape index (κ3) is 8.12. The Morgan fingerprint density at radius 1 is 0.917 bits per heavy atom. The molecule has 0 spiro atoms. The monoisotopic (exact) mass is 535 g/mol. The van der Waals surface area contributed by atoms with Gasteiger partial charge in [0.2, 0.25) is 0 Å². The minimum absolute atomic E-state index is 0.108. The zero-order valence-electron chi connectivity index (χ0n) is 19.7. The predicted molar refractivity (Wildman–Crippen MR) is 138 cm³/mol. The van der Waals surface area contributed by atoms with Crippen LogP contribution in [-0.2, 0) is 11.2 Å². The molecule has 8 heteroatoms. The van der Waals surface area contributed by atoms with Crippen molar-refractivity contribution < 1.29 is 22.7 Å². The molecule has 0 fully saturated rings. The van der Waals surface area contributed by atoms with Crippen molar-refractivity contribution in [3.63, 3.8) is 0 Å². The maximum atomic E-state index is 12.5. The molecular weight excluding hydrogens is 510 g/mol. The molecule has 0 unspecified atom stereocenters. The van der Waals surface area contributed by atoms with Crippen molar-refractivity contribution in [1.29, 1.82) is 0 Å². The molecule has 36 heavy (non-hydrogen) atoms. The summed E-state index contributed by atoms with van der Waals surface area (Å²) in [6.07, 6.45) is -5.08. The molecule has 3 aromatic carbocycles.